The minimum Gasteiger partial charge on any atom is -0.506 e. The number of benzene rings is 1. The van der Waals surface area contributed by atoms with Crippen LogP contribution in [0, 0.1) is 5.82 Å². The van der Waals surface area contributed by atoms with Gasteiger partial charge in [0, 0.05) is 5.56 Å². The lowest BCUT2D eigenvalue weighted by Crippen LogP contribution is -2.13. The van der Waals surface area contributed by atoms with Crippen molar-refractivity contribution in [2.45, 2.75) is 26.2 Å². The zero-order chi connectivity index (χ0) is 10.2. The van der Waals surface area contributed by atoms with Crippen LogP contribution in [-0.2, 0) is 5.41 Å². The second kappa shape index (κ2) is 3.18. The van der Waals surface area contributed by atoms with E-state index in [9.17, 15) is 9.50 Å². The summed E-state index contributed by atoms with van der Waals surface area (Å²) in [5.74, 6) is -0.580. The molecule has 0 amide bonds. The highest BCUT2D eigenvalue weighted by Crippen LogP contribution is 2.37. The third kappa shape index (κ3) is 1.94. The molecule has 0 aliphatic carbocycles. The Hall–Kier alpha value is -0.760. The molecule has 72 valence electrons. The van der Waals surface area contributed by atoms with Crippen molar-refractivity contribution in [3.63, 3.8) is 0 Å². The van der Waals surface area contributed by atoms with Crippen LogP contribution in [0.25, 0.3) is 0 Å². The van der Waals surface area contributed by atoms with Gasteiger partial charge in [0.25, 0.3) is 0 Å². The van der Waals surface area contributed by atoms with Gasteiger partial charge in [-0.3, -0.25) is 0 Å². The summed E-state index contributed by atoms with van der Waals surface area (Å²) in [6, 6.07) is 2.62. The van der Waals surface area contributed by atoms with Crippen molar-refractivity contribution in [1.82, 2.24) is 0 Å². The fourth-order valence-electron chi connectivity index (χ4n) is 1.25. The molecule has 0 atom stereocenters. The van der Waals surface area contributed by atoms with Gasteiger partial charge >= 0.3 is 0 Å². The Morgan fingerprint density at radius 2 is 1.85 bits per heavy atom. The summed E-state index contributed by atoms with van der Waals surface area (Å²) < 4.78 is 13.3. The lowest BCUT2D eigenvalue weighted by molar-refractivity contribution is 0.429. The standard InChI is InChI=1S/C10H12ClFO/c1-10(2,3)8-7(12)5-4-6(11)9(8)13/h4-5,13H,1-3H3. The van der Waals surface area contributed by atoms with E-state index >= 15 is 0 Å². The van der Waals surface area contributed by atoms with E-state index in [1.807, 2.05) is 20.8 Å². The summed E-state index contributed by atoms with van der Waals surface area (Å²) in [7, 11) is 0. The molecule has 1 nitrogen and oxygen atoms in total. The zero-order valence-electron chi connectivity index (χ0n) is 7.86. The molecule has 3 heteroatoms. The largest absolute Gasteiger partial charge is 0.506 e. The van der Waals surface area contributed by atoms with Crippen molar-refractivity contribution < 1.29 is 9.50 Å². The third-order valence-electron chi connectivity index (χ3n) is 1.83. The zero-order valence-corrected chi connectivity index (χ0v) is 8.61. The lowest BCUT2D eigenvalue weighted by Gasteiger charge is -2.21. The summed E-state index contributed by atoms with van der Waals surface area (Å²) in [5, 5.41) is 9.73. The molecule has 0 fully saturated rings. The average molecular weight is 203 g/mol. The van der Waals surface area contributed by atoms with Gasteiger partial charge in [-0.1, -0.05) is 32.4 Å². The molecular weight excluding hydrogens is 191 g/mol. The van der Waals surface area contributed by atoms with E-state index in [-0.39, 0.29) is 16.3 Å². The molecule has 0 spiro atoms. The topological polar surface area (TPSA) is 20.2 Å². The fraction of sp³-hybridized carbons (Fsp3) is 0.400. The summed E-state index contributed by atoms with van der Waals surface area (Å²) in [6.45, 7) is 5.46. The van der Waals surface area contributed by atoms with E-state index in [1.54, 1.807) is 0 Å². The Kier molecular flexibility index (Phi) is 2.53. The first kappa shape index (κ1) is 10.3. The lowest BCUT2D eigenvalue weighted by atomic mass is 9.86. The molecule has 1 aromatic carbocycles. The summed E-state index contributed by atoms with van der Waals surface area (Å²) >= 11 is 5.68. The monoisotopic (exact) mass is 202 g/mol. The highest BCUT2D eigenvalue weighted by atomic mass is 35.5. The van der Waals surface area contributed by atoms with Crippen LogP contribution in [0.4, 0.5) is 4.39 Å². The highest BCUT2D eigenvalue weighted by Gasteiger charge is 2.23. The number of phenols is 1. The molecular formula is C10H12ClFO. The van der Waals surface area contributed by atoms with E-state index in [4.69, 9.17) is 11.6 Å². The molecule has 0 aromatic heterocycles. The van der Waals surface area contributed by atoms with Gasteiger partial charge in [-0.2, -0.15) is 0 Å². The van der Waals surface area contributed by atoms with Gasteiger partial charge in [-0.15, -0.1) is 0 Å². The minimum atomic E-state index is -0.445. The van der Waals surface area contributed by atoms with Gasteiger partial charge in [0.05, 0.1) is 5.02 Å². The second-order valence-electron chi connectivity index (χ2n) is 4.00. The predicted molar refractivity (Wildman–Crippen MR) is 51.8 cm³/mol. The molecule has 1 N–H and O–H groups in total. The summed E-state index contributed by atoms with van der Waals surface area (Å²) in [5.41, 5.74) is -0.181. The maximum absolute atomic E-state index is 13.3. The van der Waals surface area contributed by atoms with Crippen LogP contribution in [0.1, 0.15) is 26.3 Å². The molecule has 0 aliphatic heterocycles. The Bertz CT molecular complexity index is 328. The van der Waals surface area contributed by atoms with Crippen LogP contribution in [0.3, 0.4) is 0 Å². The van der Waals surface area contributed by atoms with Crippen LogP contribution in [-0.4, -0.2) is 5.11 Å². The first-order chi connectivity index (χ1) is 5.84. The van der Waals surface area contributed by atoms with Crippen LogP contribution in [0.5, 0.6) is 5.75 Å². The molecule has 13 heavy (non-hydrogen) atoms. The smallest absolute Gasteiger partial charge is 0.140 e. The molecule has 0 saturated carbocycles. The molecule has 0 heterocycles. The molecule has 1 rings (SSSR count). The summed E-state index contributed by atoms with van der Waals surface area (Å²) in [4.78, 5) is 0. The van der Waals surface area contributed by atoms with E-state index in [1.165, 1.54) is 12.1 Å². The predicted octanol–water partition coefficient (Wildman–Crippen LogP) is 3.48. The quantitative estimate of drug-likeness (QED) is 0.683. The van der Waals surface area contributed by atoms with Crippen molar-refractivity contribution >= 4 is 11.6 Å². The van der Waals surface area contributed by atoms with Gasteiger partial charge < -0.3 is 5.11 Å². The van der Waals surface area contributed by atoms with Crippen LogP contribution in [0.15, 0.2) is 12.1 Å². The Labute approximate surface area is 82.2 Å². The van der Waals surface area contributed by atoms with Crippen LogP contribution >= 0.6 is 11.6 Å². The van der Waals surface area contributed by atoms with Gasteiger partial charge in [0.1, 0.15) is 11.6 Å². The number of halogens is 2. The van der Waals surface area contributed by atoms with Gasteiger partial charge in [-0.05, 0) is 17.5 Å². The number of hydrogen-bond acceptors (Lipinski definition) is 1. The van der Waals surface area contributed by atoms with E-state index < -0.39 is 11.2 Å². The number of phenolic OH excluding ortho intramolecular Hbond substituents is 1. The molecule has 0 radical (unpaired) electrons. The molecule has 0 aliphatic rings. The van der Waals surface area contributed by atoms with E-state index in [0.29, 0.717) is 0 Å². The van der Waals surface area contributed by atoms with E-state index in [0.717, 1.165) is 0 Å². The fourth-order valence-corrected chi connectivity index (χ4v) is 1.41. The maximum Gasteiger partial charge on any atom is 0.140 e. The average Bonchev–Trinajstić information content (AvgIpc) is 1.95. The Morgan fingerprint density at radius 3 is 2.23 bits per heavy atom. The van der Waals surface area contributed by atoms with Crippen molar-refractivity contribution in [3.05, 3.63) is 28.5 Å². The molecule has 0 unspecified atom stereocenters. The van der Waals surface area contributed by atoms with Crippen molar-refractivity contribution in [1.29, 1.82) is 0 Å². The summed E-state index contributed by atoms with van der Waals surface area (Å²) in [6.07, 6.45) is 0. The second-order valence-corrected chi connectivity index (χ2v) is 4.41. The Morgan fingerprint density at radius 1 is 1.31 bits per heavy atom. The number of rotatable bonds is 0. The number of aromatic hydroxyl groups is 1. The molecule has 1 aromatic rings. The minimum absolute atomic E-state index is 0.158. The van der Waals surface area contributed by atoms with Crippen LogP contribution < -0.4 is 0 Å². The van der Waals surface area contributed by atoms with Crippen LogP contribution in [0.2, 0.25) is 5.02 Å². The van der Waals surface area contributed by atoms with Gasteiger partial charge in [0.2, 0.25) is 0 Å². The van der Waals surface area contributed by atoms with Crippen molar-refractivity contribution in [3.8, 4) is 5.75 Å². The normalized spacial score (nSPS) is 11.8. The SMILES string of the molecule is CC(C)(C)c1c(F)ccc(Cl)c1O. The highest BCUT2D eigenvalue weighted by molar-refractivity contribution is 6.32. The molecule has 0 bridgehead atoms. The third-order valence-corrected chi connectivity index (χ3v) is 2.13. The van der Waals surface area contributed by atoms with Gasteiger partial charge in [0.15, 0.2) is 0 Å². The van der Waals surface area contributed by atoms with Crippen molar-refractivity contribution in [2.24, 2.45) is 0 Å². The molecule has 0 saturated heterocycles. The van der Waals surface area contributed by atoms with Crippen molar-refractivity contribution in [2.75, 3.05) is 0 Å². The first-order valence-corrected chi connectivity index (χ1v) is 4.39. The Balaban J connectivity index is 3.43. The number of hydrogen-bond donors (Lipinski definition) is 1. The van der Waals surface area contributed by atoms with E-state index in [2.05, 4.69) is 0 Å². The maximum atomic E-state index is 13.3. The van der Waals surface area contributed by atoms with Gasteiger partial charge in [-0.25, -0.2) is 4.39 Å². The first-order valence-electron chi connectivity index (χ1n) is 4.01.